The van der Waals surface area contributed by atoms with Gasteiger partial charge in [0.1, 0.15) is 11.2 Å². The zero-order valence-electron chi connectivity index (χ0n) is 25.0. The highest BCUT2D eigenvalue weighted by atomic mass is 32.1. The molecule has 2 heterocycles. The van der Waals surface area contributed by atoms with Gasteiger partial charge in [0.25, 0.3) is 0 Å². The molecule has 0 saturated heterocycles. The van der Waals surface area contributed by atoms with E-state index in [4.69, 9.17) is 4.42 Å². The Kier molecular flexibility index (Phi) is 6.43. The van der Waals surface area contributed by atoms with Gasteiger partial charge in [-0.1, -0.05) is 103 Å². The summed E-state index contributed by atoms with van der Waals surface area (Å²) in [4.78, 5) is 2.32. The van der Waals surface area contributed by atoms with E-state index in [0.29, 0.717) is 0 Å². The molecule has 2 nitrogen and oxygen atoms in total. The molecular formula is C43H29NOS. The summed E-state index contributed by atoms with van der Waals surface area (Å²) in [5, 5.41) is 4.83. The first-order valence-electron chi connectivity index (χ1n) is 15.6. The van der Waals surface area contributed by atoms with Gasteiger partial charge in [-0.05, 0) is 77.4 Å². The van der Waals surface area contributed by atoms with Crippen LogP contribution in [0.25, 0.3) is 42.1 Å². The zero-order valence-corrected chi connectivity index (χ0v) is 25.8. The Labute approximate surface area is 271 Å². The number of furan rings is 1. The normalized spacial score (nSPS) is 11.7. The van der Waals surface area contributed by atoms with E-state index in [0.717, 1.165) is 39.0 Å². The molecule has 0 N–H and O–H groups in total. The molecule has 46 heavy (non-hydrogen) atoms. The van der Waals surface area contributed by atoms with E-state index in [1.807, 2.05) is 11.3 Å². The van der Waals surface area contributed by atoms with Crippen molar-refractivity contribution in [3.8, 4) is 0 Å². The average Bonchev–Trinajstić information content (AvgIpc) is 3.67. The molecule has 2 aromatic heterocycles. The van der Waals surface area contributed by atoms with Crippen LogP contribution in [0.4, 0.5) is 17.1 Å². The minimum Gasteiger partial charge on any atom is -0.456 e. The van der Waals surface area contributed by atoms with Crippen molar-refractivity contribution >= 4 is 70.5 Å². The van der Waals surface area contributed by atoms with E-state index in [1.54, 1.807) is 0 Å². The number of para-hydroxylation sites is 1. The smallest absolute Gasteiger partial charge is 0.137 e. The first-order chi connectivity index (χ1) is 22.8. The summed E-state index contributed by atoms with van der Waals surface area (Å²) >= 11 is 1.84. The Balaban J connectivity index is 1.18. The van der Waals surface area contributed by atoms with Gasteiger partial charge < -0.3 is 9.32 Å². The summed E-state index contributed by atoms with van der Waals surface area (Å²) in [5.74, 6) is 0.132. The molecule has 0 spiro atoms. The maximum atomic E-state index is 6.55. The Morgan fingerprint density at radius 1 is 0.391 bits per heavy atom. The third kappa shape index (κ3) is 4.56. The lowest BCUT2D eigenvalue weighted by Gasteiger charge is -2.25. The minimum atomic E-state index is 0.132. The number of fused-ring (bicyclic) bond motifs is 6. The SMILES string of the molecule is c1ccc(C(c2ccccc2)c2ccc3oc4cc(N(c5ccccc5)c5ccc6sc7ccccc7c6c5)ccc4c3c2)cc1. The van der Waals surface area contributed by atoms with Crippen LogP contribution < -0.4 is 4.90 Å². The second kappa shape index (κ2) is 11.1. The molecule has 7 aromatic carbocycles. The Morgan fingerprint density at radius 2 is 1.02 bits per heavy atom. The van der Waals surface area contributed by atoms with Crippen molar-refractivity contribution < 1.29 is 4.42 Å². The quantitative estimate of drug-likeness (QED) is 0.175. The van der Waals surface area contributed by atoms with Crippen LogP contribution in [0.5, 0.6) is 0 Å². The van der Waals surface area contributed by atoms with E-state index >= 15 is 0 Å². The van der Waals surface area contributed by atoms with Gasteiger partial charge in [-0.25, -0.2) is 0 Å². The summed E-state index contributed by atoms with van der Waals surface area (Å²) in [6, 6.07) is 60.9. The van der Waals surface area contributed by atoms with Crippen LogP contribution >= 0.6 is 11.3 Å². The fraction of sp³-hybridized carbons (Fsp3) is 0.0233. The van der Waals surface area contributed by atoms with E-state index in [-0.39, 0.29) is 5.92 Å². The standard InChI is InChI=1S/C43H29NOS/c1-4-12-29(13-5-1)43(30-14-6-2-7-15-30)31-20-24-39-37(26-31)35-23-21-34(28-40(35)45-39)44(32-16-8-3-9-17-32)33-22-25-42-38(27-33)36-18-10-11-19-41(36)46-42/h1-28,43H. The average molecular weight is 608 g/mol. The Bertz CT molecular complexity index is 2440. The summed E-state index contributed by atoms with van der Waals surface area (Å²) in [5.41, 5.74) is 8.86. The van der Waals surface area contributed by atoms with Crippen LogP contribution in [0, 0.1) is 0 Å². The largest absolute Gasteiger partial charge is 0.456 e. The van der Waals surface area contributed by atoms with Crippen LogP contribution in [0.1, 0.15) is 22.6 Å². The monoisotopic (exact) mass is 607 g/mol. The molecular weight excluding hydrogens is 579 g/mol. The van der Waals surface area contributed by atoms with Gasteiger partial charge in [-0.2, -0.15) is 0 Å². The number of nitrogens with zero attached hydrogens (tertiary/aromatic N) is 1. The third-order valence-electron chi connectivity index (χ3n) is 8.97. The van der Waals surface area contributed by atoms with E-state index in [9.17, 15) is 0 Å². The summed E-state index contributed by atoms with van der Waals surface area (Å²) in [6.07, 6.45) is 0. The van der Waals surface area contributed by atoms with Crippen molar-refractivity contribution in [2.75, 3.05) is 4.90 Å². The molecule has 9 rings (SSSR count). The van der Waals surface area contributed by atoms with Gasteiger partial charge in [-0.3, -0.25) is 0 Å². The van der Waals surface area contributed by atoms with Crippen LogP contribution in [0.3, 0.4) is 0 Å². The molecule has 0 fully saturated rings. The predicted molar refractivity (Wildman–Crippen MR) is 195 cm³/mol. The molecule has 0 bridgehead atoms. The second-order valence-electron chi connectivity index (χ2n) is 11.7. The Hall–Kier alpha value is -5.64. The fourth-order valence-corrected chi connectivity index (χ4v) is 7.93. The van der Waals surface area contributed by atoms with Gasteiger partial charge in [0, 0.05) is 60.0 Å². The number of hydrogen-bond donors (Lipinski definition) is 0. The van der Waals surface area contributed by atoms with Gasteiger partial charge in [0.15, 0.2) is 0 Å². The molecule has 218 valence electrons. The molecule has 9 aromatic rings. The highest BCUT2D eigenvalue weighted by Gasteiger charge is 2.20. The van der Waals surface area contributed by atoms with Gasteiger partial charge in [0.05, 0.1) is 0 Å². The summed E-state index contributed by atoms with van der Waals surface area (Å²) in [7, 11) is 0. The van der Waals surface area contributed by atoms with Crippen molar-refractivity contribution in [3.63, 3.8) is 0 Å². The minimum absolute atomic E-state index is 0.132. The van der Waals surface area contributed by atoms with Gasteiger partial charge >= 0.3 is 0 Å². The van der Waals surface area contributed by atoms with Crippen molar-refractivity contribution in [1.82, 2.24) is 0 Å². The van der Waals surface area contributed by atoms with E-state index in [1.165, 1.54) is 36.9 Å². The zero-order chi connectivity index (χ0) is 30.5. The number of thiophene rings is 1. The van der Waals surface area contributed by atoms with Crippen LogP contribution in [0.2, 0.25) is 0 Å². The summed E-state index contributed by atoms with van der Waals surface area (Å²) in [6.45, 7) is 0. The second-order valence-corrected chi connectivity index (χ2v) is 12.8. The van der Waals surface area contributed by atoms with Crippen molar-refractivity contribution in [1.29, 1.82) is 0 Å². The molecule has 0 aliphatic rings. The Morgan fingerprint density at radius 3 is 1.78 bits per heavy atom. The maximum Gasteiger partial charge on any atom is 0.137 e. The third-order valence-corrected chi connectivity index (χ3v) is 10.1. The molecule has 3 heteroatoms. The van der Waals surface area contributed by atoms with Crippen molar-refractivity contribution in [2.45, 2.75) is 5.92 Å². The lowest BCUT2D eigenvalue weighted by atomic mass is 9.85. The van der Waals surface area contributed by atoms with Crippen LogP contribution in [-0.2, 0) is 0 Å². The summed E-state index contributed by atoms with van der Waals surface area (Å²) < 4.78 is 9.16. The number of benzene rings is 7. The molecule has 0 amide bonds. The fourth-order valence-electron chi connectivity index (χ4n) is 6.85. The lowest BCUT2D eigenvalue weighted by Crippen LogP contribution is -2.09. The molecule has 0 unspecified atom stereocenters. The molecule has 0 saturated carbocycles. The maximum absolute atomic E-state index is 6.55. The highest BCUT2D eigenvalue weighted by molar-refractivity contribution is 7.25. The topological polar surface area (TPSA) is 16.4 Å². The molecule has 0 atom stereocenters. The van der Waals surface area contributed by atoms with Crippen LogP contribution in [0.15, 0.2) is 174 Å². The number of hydrogen-bond acceptors (Lipinski definition) is 3. The molecule has 0 aliphatic heterocycles. The van der Waals surface area contributed by atoms with Crippen LogP contribution in [-0.4, -0.2) is 0 Å². The van der Waals surface area contributed by atoms with Gasteiger partial charge in [0.2, 0.25) is 0 Å². The lowest BCUT2D eigenvalue weighted by molar-refractivity contribution is 0.668. The number of rotatable bonds is 6. The van der Waals surface area contributed by atoms with Crippen molar-refractivity contribution in [2.24, 2.45) is 0 Å². The highest BCUT2D eigenvalue weighted by Crippen LogP contribution is 2.43. The molecule has 0 aliphatic carbocycles. The van der Waals surface area contributed by atoms with Crippen molar-refractivity contribution in [3.05, 3.63) is 187 Å². The molecule has 0 radical (unpaired) electrons. The first-order valence-corrected chi connectivity index (χ1v) is 16.4. The predicted octanol–water partition coefficient (Wildman–Crippen LogP) is 12.6. The number of anilines is 3. The van der Waals surface area contributed by atoms with E-state index in [2.05, 4.69) is 175 Å². The van der Waals surface area contributed by atoms with Gasteiger partial charge in [-0.15, -0.1) is 11.3 Å². The van der Waals surface area contributed by atoms with E-state index < -0.39 is 0 Å². The first kappa shape index (κ1) is 26.7.